The molecule has 0 aliphatic heterocycles. The number of halogens is 3. The van der Waals surface area contributed by atoms with E-state index in [-0.39, 0.29) is 16.8 Å². The summed E-state index contributed by atoms with van der Waals surface area (Å²) in [5.74, 6) is -1.83. The lowest BCUT2D eigenvalue weighted by Gasteiger charge is -2.26. The largest absolute Gasteiger partial charge is 0.453 e. The molecule has 0 saturated carbocycles. The summed E-state index contributed by atoms with van der Waals surface area (Å²) >= 11 is 0. The second-order valence-electron chi connectivity index (χ2n) is 6.64. The Morgan fingerprint density at radius 1 is 0.774 bits per heavy atom. The van der Waals surface area contributed by atoms with Crippen LogP contribution in [-0.4, -0.2) is 23.6 Å². The van der Waals surface area contributed by atoms with Crippen molar-refractivity contribution in [3.63, 3.8) is 0 Å². The molecule has 0 aliphatic rings. The van der Waals surface area contributed by atoms with Gasteiger partial charge in [0.1, 0.15) is 0 Å². The lowest BCUT2D eigenvalue weighted by Crippen LogP contribution is -2.39. The average Bonchev–Trinajstić information content (AvgIpc) is 2.78. The summed E-state index contributed by atoms with van der Waals surface area (Å²) in [6.45, 7) is -0.734. The first kappa shape index (κ1) is 22.0. The maximum atomic E-state index is 12.8. The number of alkyl halides is 3. The van der Waals surface area contributed by atoms with E-state index in [2.05, 4.69) is 5.32 Å². The molecule has 0 atom stereocenters. The monoisotopic (exact) mass is 429 g/mol. The summed E-state index contributed by atoms with van der Waals surface area (Å²) < 4.78 is 42.9. The molecule has 0 radical (unpaired) electrons. The van der Waals surface area contributed by atoms with Gasteiger partial charge in [-0.2, -0.15) is 13.2 Å². The van der Waals surface area contributed by atoms with E-state index in [1.165, 1.54) is 0 Å². The van der Waals surface area contributed by atoms with Gasteiger partial charge in [0.2, 0.25) is 5.60 Å². The fraction of sp³-hybridized carbons (Fsp3) is 0.130. The number of anilines is 1. The number of esters is 1. The van der Waals surface area contributed by atoms with Crippen molar-refractivity contribution in [1.82, 2.24) is 0 Å². The number of rotatable bonds is 6. The van der Waals surface area contributed by atoms with E-state index < -0.39 is 35.8 Å². The Balaban J connectivity index is 1.71. The van der Waals surface area contributed by atoms with Crippen LogP contribution in [0.5, 0.6) is 0 Å². The van der Waals surface area contributed by atoms with Crippen LogP contribution in [0.1, 0.15) is 16.7 Å². The van der Waals surface area contributed by atoms with Gasteiger partial charge in [-0.05, 0) is 35.4 Å². The maximum Gasteiger partial charge on any atom is 0.416 e. The molecule has 5 nitrogen and oxygen atoms in total. The maximum absolute atomic E-state index is 12.8. The van der Waals surface area contributed by atoms with Gasteiger partial charge in [-0.15, -0.1) is 0 Å². The predicted molar refractivity (Wildman–Crippen MR) is 107 cm³/mol. The Bertz CT molecular complexity index is 996. The quantitative estimate of drug-likeness (QED) is 0.578. The fourth-order valence-electron chi connectivity index (χ4n) is 2.94. The van der Waals surface area contributed by atoms with Crippen molar-refractivity contribution in [3.05, 3.63) is 102 Å². The lowest BCUT2D eigenvalue weighted by molar-refractivity contribution is -0.164. The molecule has 0 unspecified atom stereocenters. The van der Waals surface area contributed by atoms with Gasteiger partial charge in [-0.3, -0.25) is 4.79 Å². The van der Waals surface area contributed by atoms with E-state index in [0.29, 0.717) is 0 Å². The van der Waals surface area contributed by atoms with Crippen molar-refractivity contribution in [1.29, 1.82) is 0 Å². The second-order valence-corrected chi connectivity index (χ2v) is 6.64. The molecule has 0 aromatic heterocycles. The van der Waals surface area contributed by atoms with E-state index >= 15 is 0 Å². The molecule has 1 amide bonds. The van der Waals surface area contributed by atoms with Crippen LogP contribution in [0.3, 0.4) is 0 Å². The Morgan fingerprint density at radius 2 is 1.26 bits per heavy atom. The van der Waals surface area contributed by atoms with Gasteiger partial charge < -0.3 is 15.2 Å². The van der Waals surface area contributed by atoms with Crippen molar-refractivity contribution in [2.24, 2.45) is 0 Å². The van der Waals surface area contributed by atoms with Gasteiger partial charge in [0.15, 0.2) is 6.61 Å². The van der Waals surface area contributed by atoms with Crippen LogP contribution < -0.4 is 5.32 Å². The highest BCUT2D eigenvalue weighted by atomic mass is 19.4. The smallest absolute Gasteiger partial charge is 0.416 e. The molecule has 160 valence electrons. The third kappa shape index (κ3) is 5.10. The molecule has 3 aromatic rings. The number of hydrogen-bond acceptors (Lipinski definition) is 4. The highest BCUT2D eigenvalue weighted by Crippen LogP contribution is 2.31. The summed E-state index contributed by atoms with van der Waals surface area (Å²) in [7, 11) is 0. The number of benzene rings is 3. The number of carbonyl (C=O) groups is 2. The average molecular weight is 429 g/mol. The Labute approximate surface area is 176 Å². The van der Waals surface area contributed by atoms with Crippen molar-refractivity contribution in [2.75, 3.05) is 11.9 Å². The highest BCUT2D eigenvalue weighted by molar-refractivity contribution is 5.94. The first-order chi connectivity index (χ1) is 14.7. The minimum Gasteiger partial charge on any atom is -0.453 e. The minimum absolute atomic E-state index is 0.107. The molecule has 0 fully saturated rings. The van der Waals surface area contributed by atoms with Gasteiger partial charge in [-0.25, -0.2) is 4.79 Å². The third-order valence-corrected chi connectivity index (χ3v) is 4.51. The van der Waals surface area contributed by atoms with Crippen LogP contribution >= 0.6 is 0 Å². The van der Waals surface area contributed by atoms with Gasteiger partial charge >= 0.3 is 12.1 Å². The summed E-state index contributed by atoms with van der Waals surface area (Å²) in [6.07, 6.45) is -4.49. The van der Waals surface area contributed by atoms with Gasteiger partial charge in [0.05, 0.1) is 5.56 Å². The number of ether oxygens (including phenoxy) is 1. The van der Waals surface area contributed by atoms with Crippen molar-refractivity contribution in [2.45, 2.75) is 11.8 Å². The molecule has 0 saturated heterocycles. The van der Waals surface area contributed by atoms with Gasteiger partial charge in [-0.1, -0.05) is 60.7 Å². The summed E-state index contributed by atoms with van der Waals surface area (Å²) in [5.41, 5.74) is -2.37. The van der Waals surface area contributed by atoms with Crippen LogP contribution in [0.25, 0.3) is 0 Å². The first-order valence-electron chi connectivity index (χ1n) is 9.19. The zero-order valence-corrected chi connectivity index (χ0v) is 16.1. The number of aliphatic hydroxyl groups is 1. The number of nitrogens with one attached hydrogen (secondary N) is 1. The Morgan fingerprint density at radius 3 is 1.71 bits per heavy atom. The van der Waals surface area contributed by atoms with Crippen molar-refractivity contribution < 1.29 is 32.6 Å². The molecule has 8 heteroatoms. The minimum atomic E-state index is -4.49. The van der Waals surface area contributed by atoms with Crippen LogP contribution in [0.4, 0.5) is 18.9 Å². The zero-order chi connectivity index (χ0) is 22.5. The van der Waals surface area contributed by atoms with E-state index in [9.17, 15) is 27.9 Å². The number of amides is 1. The van der Waals surface area contributed by atoms with Crippen LogP contribution in [0.15, 0.2) is 84.9 Å². The third-order valence-electron chi connectivity index (χ3n) is 4.51. The van der Waals surface area contributed by atoms with Crippen LogP contribution in [0, 0.1) is 0 Å². The van der Waals surface area contributed by atoms with Crippen molar-refractivity contribution in [3.8, 4) is 0 Å². The van der Waals surface area contributed by atoms with Crippen LogP contribution in [-0.2, 0) is 26.1 Å². The molecular formula is C23H18F3NO4. The Kier molecular flexibility index (Phi) is 6.41. The summed E-state index contributed by atoms with van der Waals surface area (Å²) in [6, 6.07) is 20.1. The highest BCUT2D eigenvalue weighted by Gasteiger charge is 2.41. The summed E-state index contributed by atoms with van der Waals surface area (Å²) in [5, 5.41) is 13.6. The van der Waals surface area contributed by atoms with Crippen LogP contribution in [0.2, 0.25) is 0 Å². The molecule has 0 spiro atoms. The van der Waals surface area contributed by atoms with E-state index in [1.807, 2.05) is 0 Å². The standard InChI is InChI=1S/C23H18F3NO4/c24-23(25,26)18-11-13-19(14-12-18)27-20(28)15-31-21(29)22(30,16-7-3-1-4-8-16)17-9-5-2-6-10-17/h1-14,30H,15H2,(H,27,28). The van der Waals surface area contributed by atoms with E-state index in [1.54, 1.807) is 60.7 Å². The first-order valence-corrected chi connectivity index (χ1v) is 9.19. The molecular weight excluding hydrogens is 411 g/mol. The fourth-order valence-corrected chi connectivity index (χ4v) is 2.94. The lowest BCUT2D eigenvalue weighted by atomic mass is 9.86. The van der Waals surface area contributed by atoms with Gasteiger partial charge in [0.25, 0.3) is 5.91 Å². The summed E-state index contributed by atoms with van der Waals surface area (Å²) in [4.78, 5) is 24.9. The molecule has 0 bridgehead atoms. The number of carbonyl (C=O) groups excluding carboxylic acids is 2. The molecule has 3 aromatic carbocycles. The molecule has 2 N–H and O–H groups in total. The predicted octanol–water partition coefficient (Wildman–Crippen LogP) is 4.12. The molecule has 3 rings (SSSR count). The second kappa shape index (κ2) is 9.01. The zero-order valence-electron chi connectivity index (χ0n) is 16.1. The number of hydrogen-bond donors (Lipinski definition) is 2. The van der Waals surface area contributed by atoms with Crippen molar-refractivity contribution >= 4 is 17.6 Å². The normalized spacial score (nSPS) is 11.6. The molecule has 0 heterocycles. The molecule has 31 heavy (non-hydrogen) atoms. The molecule has 0 aliphatic carbocycles. The van der Waals surface area contributed by atoms with E-state index in [4.69, 9.17) is 4.74 Å². The Hall–Kier alpha value is -3.65. The topological polar surface area (TPSA) is 75.6 Å². The van der Waals surface area contributed by atoms with E-state index in [0.717, 1.165) is 24.3 Å². The van der Waals surface area contributed by atoms with Gasteiger partial charge in [0, 0.05) is 5.69 Å². The SMILES string of the molecule is O=C(COC(=O)C(O)(c1ccccc1)c1ccccc1)Nc1ccc(C(F)(F)F)cc1.